The van der Waals surface area contributed by atoms with Crippen LogP contribution in [0.15, 0.2) is 18.2 Å². The minimum absolute atomic E-state index is 0.0577. The number of hydrogen-bond acceptors (Lipinski definition) is 3. The van der Waals surface area contributed by atoms with Gasteiger partial charge >= 0.3 is 0 Å². The van der Waals surface area contributed by atoms with Crippen molar-refractivity contribution in [2.45, 2.75) is 63.9 Å². The van der Waals surface area contributed by atoms with Gasteiger partial charge in [0.1, 0.15) is 17.7 Å². The summed E-state index contributed by atoms with van der Waals surface area (Å²) in [5.41, 5.74) is 0.936. The largest absolute Gasteiger partial charge is 0.487 e. The van der Waals surface area contributed by atoms with E-state index in [1.165, 1.54) is 6.07 Å². The summed E-state index contributed by atoms with van der Waals surface area (Å²) >= 11 is 0. The standard InChI is InChI=1S/C17H24FNO2/c1-3-8-19-14-10-17(16-6-4-11(2)20-16)21-15-7-5-12(18)9-13(14)15/h5,7,9,11,14,16-17,19H,3-4,6,8,10H2,1-2H3. The van der Waals surface area contributed by atoms with Crippen molar-refractivity contribution in [3.63, 3.8) is 0 Å². The van der Waals surface area contributed by atoms with Crippen LogP contribution < -0.4 is 10.1 Å². The Balaban J connectivity index is 1.80. The van der Waals surface area contributed by atoms with Gasteiger partial charge in [-0.25, -0.2) is 4.39 Å². The van der Waals surface area contributed by atoms with Gasteiger partial charge in [0.2, 0.25) is 0 Å². The molecule has 4 heteroatoms. The van der Waals surface area contributed by atoms with Crippen LogP contribution in [-0.4, -0.2) is 24.9 Å². The minimum atomic E-state index is -0.204. The van der Waals surface area contributed by atoms with Crippen LogP contribution in [-0.2, 0) is 4.74 Å². The predicted octanol–water partition coefficient (Wildman–Crippen LogP) is 3.59. The van der Waals surface area contributed by atoms with Crippen LogP contribution >= 0.6 is 0 Å². The van der Waals surface area contributed by atoms with E-state index in [4.69, 9.17) is 9.47 Å². The third-order valence-corrected chi connectivity index (χ3v) is 4.41. The van der Waals surface area contributed by atoms with Crippen molar-refractivity contribution in [2.75, 3.05) is 6.54 Å². The van der Waals surface area contributed by atoms with E-state index >= 15 is 0 Å². The molecule has 1 N–H and O–H groups in total. The Morgan fingerprint density at radius 3 is 2.86 bits per heavy atom. The molecule has 2 aliphatic rings. The number of hydrogen-bond donors (Lipinski definition) is 1. The number of nitrogens with one attached hydrogen (secondary N) is 1. The van der Waals surface area contributed by atoms with Gasteiger partial charge in [0.15, 0.2) is 0 Å². The van der Waals surface area contributed by atoms with Gasteiger partial charge in [-0.3, -0.25) is 0 Å². The maximum absolute atomic E-state index is 13.5. The smallest absolute Gasteiger partial charge is 0.127 e. The second kappa shape index (κ2) is 6.32. The fraction of sp³-hybridized carbons (Fsp3) is 0.647. The van der Waals surface area contributed by atoms with Gasteiger partial charge in [0.25, 0.3) is 0 Å². The van der Waals surface area contributed by atoms with Crippen LogP contribution in [0.4, 0.5) is 4.39 Å². The molecule has 2 heterocycles. The lowest BCUT2D eigenvalue weighted by Gasteiger charge is -2.35. The van der Waals surface area contributed by atoms with Crippen molar-refractivity contribution in [1.82, 2.24) is 5.32 Å². The Morgan fingerprint density at radius 2 is 2.14 bits per heavy atom. The molecule has 1 aromatic rings. The summed E-state index contributed by atoms with van der Waals surface area (Å²) < 4.78 is 25.6. The summed E-state index contributed by atoms with van der Waals surface area (Å²) in [6.45, 7) is 5.17. The molecule has 2 aliphatic heterocycles. The number of halogens is 1. The molecule has 1 aromatic carbocycles. The number of benzene rings is 1. The highest BCUT2D eigenvalue weighted by molar-refractivity contribution is 5.38. The Morgan fingerprint density at radius 1 is 1.29 bits per heavy atom. The predicted molar refractivity (Wildman–Crippen MR) is 80.0 cm³/mol. The molecule has 0 aromatic heterocycles. The lowest BCUT2D eigenvalue weighted by molar-refractivity contribution is -0.0300. The SMILES string of the molecule is CCCNC1CC(C2CCC(C)O2)Oc2ccc(F)cc21. The van der Waals surface area contributed by atoms with Crippen LogP contribution in [0, 0.1) is 5.82 Å². The molecule has 0 radical (unpaired) electrons. The normalized spacial score (nSPS) is 31.8. The Labute approximate surface area is 125 Å². The molecule has 0 amide bonds. The number of rotatable bonds is 4. The number of ether oxygens (including phenoxy) is 2. The van der Waals surface area contributed by atoms with Crippen molar-refractivity contribution >= 4 is 0 Å². The van der Waals surface area contributed by atoms with E-state index in [9.17, 15) is 4.39 Å². The van der Waals surface area contributed by atoms with E-state index < -0.39 is 0 Å². The number of fused-ring (bicyclic) bond motifs is 1. The van der Waals surface area contributed by atoms with E-state index in [1.807, 2.05) is 0 Å². The maximum Gasteiger partial charge on any atom is 0.127 e. The second-order valence-corrected chi connectivity index (χ2v) is 6.14. The van der Waals surface area contributed by atoms with E-state index in [2.05, 4.69) is 19.2 Å². The van der Waals surface area contributed by atoms with Crippen molar-refractivity contribution in [1.29, 1.82) is 0 Å². The van der Waals surface area contributed by atoms with E-state index in [0.717, 1.165) is 43.5 Å². The van der Waals surface area contributed by atoms with Crippen molar-refractivity contribution in [3.8, 4) is 5.75 Å². The molecule has 3 rings (SSSR count). The quantitative estimate of drug-likeness (QED) is 0.920. The molecule has 21 heavy (non-hydrogen) atoms. The third-order valence-electron chi connectivity index (χ3n) is 4.41. The van der Waals surface area contributed by atoms with Gasteiger partial charge in [0, 0.05) is 18.0 Å². The summed E-state index contributed by atoms with van der Waals surface area (Å²) in [5.74, 6) is 0.592. The monoisotopic (exact) mass is 293 g/mol. The average molecular weight is 293 g/mol. The molecule has 0 bridgehead atoms. The zero-order chi connectivity index (χ0) is 14.8. The molecule has 0 spiro atoms. The van der Waals surface area contributed by atoms with Gasteiger partial charge < -0.3 is 14.8 Å². The molecule has 4 atom stereocenters. The van der Waals surface area contributed by atoms with Gasteiger partial charge in [0.05, 0.1) is 12.2 Å². The molecular weight excluding hydrogens is 269 g/mol. The van der Waals surface area contributed by atoms with E-state index in [1.54, 1.807) is 12.1 Å². The fourth-order valence-electron chi connectivity index (χ4n) is 3.32. The van der Waals surface area contributed by atoms with Gasteiger partial charge in [-0.2, -0.15) is 0 Å². The first-order chi connectivity index (χ1) is 10.2. The van der Waals surface area contributed by atoms with Crippen molar-refractivity contribution < 1.29 is 13.9 Å². The highest BCUT2D eigenvalue weighted by Crippen LogP contribution is 2.38. The van der Waals surface area contributed by atoms with Crippen LogP contribution in [0.25, 0.3) is 0 Å². The Bertz CT molecular complexity index is 494. The lowest BCUT2D eigenvalue weighted by Crippen LogP contribution is -2.40. The second-order valence-electron chi connectivity index (χ2n) is 6.14. The summed E-state index contributed by atoms with van der Waals surface area (Å²) in [6, 6.07) is 4.96. The molecule has 1 fully saturated rings. The first kappa shape index (κ1) is 14.8. The maximum atomic E-state index is 13.5. The zero-order valence-electron chi connectivity index (χ0n) is 12.8. The molecule has 3 nitrogen and oxygen atoms in total. The van der Waals surface area contributed by atoms with Gasteiger partial charge in [-0.1, -0.05) is 6.92 Å². The molecule has 116 valence electrons. The summed E-state index contributed by atoms with van der Waals surface area (Å²) in [5, 5.41) is 3.52. The van der Waals surface area contributed by atoms with Crippen LogP contribution in [0.5, 0.6) is 5.75 Å². The van der Waals surface area contributed by atoms with Gasteiger partial charge in [-0.05, 0) is 50.9 Å². The van der Waals surface area contributed by atoms with Crippen molar-refractivity contribution in [3.05, 3.63) is 29.6 Å². The van der Waals surface area contributed by atoms with Gasteiger partial charge in [-0.15, -0.1) is 0 Å². The first-order valence-corrected chi connectivity index (χ1v) is 8.02. The third kappa shape index (κ3) is 3.22. The molecule has 0 aliphatic carbocycles. The summed E-state index contributed by atoms with van der Waals surface area (Å²) in [6.07, 6.45) is 4.57. The Kier molecular flexibility index (Phi) is 4.45. The van der Waals surface area contributed by atoms with Crippen LogP contribution in [0.2, 0.25) is 0 Å². The topological polar surface area (TPSA) is 30.5 Å². The van der Waals surface area contributed by atoms with Crippen LogP contribution in [0.3, 0.4) is 0 Å². The highest BCUT2D eigenvalue weighted by Gasteiger charge is 2.37. The van der Waals surface area contributed by atoms with Crippen molar-refractivity contribution in [2.24, 2.45) is 0 Å². The van der Waals surface area contributed by atoms with Crippen LogP contribution in [0.1, 0.15) is 51.1 Å². The minimum Gasteiger partial charge on any atom is -0.487 e. The molecule has 1 saturated heterocycles. The molecular formula is C17H24FNO2. The summed E-state index contributed by atoms with van der Waals surface area (Å²) in [7, 11) is 0. The lowest BCUT2D eigenvalue weighted by atomic mass is 9.93. The summed E-state index contributed by atoms with van der Waals surface area (Å²) in [4.78, 5) is 0. The van der Waals surface area contributed by atoms with E-state index in [-0.39, 0.29) is 24.1 Å². The highest BCUT2D eigenvalue weighted by atomic mass is 19.1. The fourth-order valence-corrected chi connectivity index (χ4v) is 3.32. The van der Waals surface area contributed by atoms with E-state index in [0.29, 0.717) is 6.10 Å². The molecule has 4 unspecified atom stereocenters. The zero-order valence-corrected chi connectivity index (χ0v) is 12.8. The molecule has 0 saturated carbocycles. The Hall–Kier alpha value is -1.13. The first-order valence-electron chi connectivity index (χ1n) is 8.02. The average Bonchev–Trinajstić information content (AvgIpc) is 2.91.